The Labute approximate surface area is 161 Å². The van der Waals surface area contributed by atoms with Crippen LogP contribution in [-0.2, 0) is 6.54 Å². The maximum atomic E-state index is 12.5. The highest BCUT2D eigenvalue weighted by Gasteiger charge is 2.14. The number of nitrogens with one attached hydrogen (secondary N) is 2. The van der Waals surface area contributed by atoms with Crippen molar-refractivity contribution < 1.29 is 18.7 Å². The molecule has 7 nitrogen and oxygen atoms in total. The molecule has 2 N–H and O–H groups in total. The van der Waals surface area contributed by atoms with Gasteiger partial charge in [-0.1, -0.05) is 11.6 Å². The van der Waals surface area contributed by atoms with E-state index in [1.54, 1.807) is 30.5 Å². The van der Waals surface area contributed by atoms with E-state index in [-0.39, 0.29) is 5.91 Å². The number of nitrogens with zero attached hydrogens (tertiary/aromatic N) is 1. The van der Waals surface area contributed by atoms with Crippen molar-refractivity contribution in [2.45, 2.75) is 6.54 Å². The van der Waals surface area contributed by atoms with Crippen molar-refractivity contribution in [2.75, 3.05) is 24.9 Å². The molecule has 0 fully saturated rings. The molecule has 3 aromatic rings. The van der Waals surface area contributed by atoms with Gasteiger partial charge in [-0.25, -0.2) is 4.98 Å². The van der Waals surface area contributed by atoms with Gasteiger partial charge in [0.25, 0.3) is 5.91 Å². The lowest BCUT2D eigenvalue weighted by atomic mass is 10.2. The molecule has 0 spiro atoms. The van der Waals surface area contributed by atoms with Crippen LogP contribution in [0.15, 0.2) is 53.3 Å². The molecule has 0 radical (unpaired) electrons. The number of halogens is 1. The third-order valence-corrected chi connectivity index (χ3v) is 4.07. The van der Waals surface area contributed by atoms with Gasteiger partial charge in [-0.3, -0.25) is 4.79 Å². The number of amides is 1. The second-order valence-corrected chi connectivity index (χ2v) is 5.91. The number of aromatic nitrogens is 1. The van der Waals surface area contributed by atoms with Crippen LogP contribution in [0.25, 0.3) is 0 Å². The second-order valence-electron chi connectivity index (χ2n) is 5.51. The topological polar surface area (TPSA) is 85.6 Å². The summed E-state index contributed by atoms with van der Waals surface area (Å²) in [6.07, 6.45) is 3.09. The number of benzene rings is 1. The van der Waals surface area contributed by atoms with Crippen LogP contribution in [0.1, 0.15) is 16.1 Å². The smallest absolute Gasteiger partial charge is 0.257 e. The van der Waals surface area contributed by atoms with Gasteiger partial charge in [0.2, 0.25) is 0 Å². The zero-order chi connectivity index (χ0) is 19.2. The normalized spacial score (nSPS) is 10.3. The third kappa shape index (κ3) is 4.51. The minimum Gasteiger partial charge on any atom is -0.495 e. The monoisotopic (exact) mass is 387 g/mol. The van der Waals surface area contributed by atoms with Gasteiger partial charge in [-0.2, -0.15) is 0 Å². The summed E-state index contributed by atoms with van der Waals surface area (Å²) in [5.41, 5.74) is 0.846. The second kappa shape index (κ2) is 8.46. The Balaban J connectivity index is 1.69. The molecule has 3 rings (SSSR count). The predicted molar refractivity (Wildman–Crippen MR) is 103 cm³/mol. The van der Waals surface area contributed by atoms with E-state index in [0.717, 1.165) is 5.76 Å². The number of methoxy groups -OCH3 is 2. The summed E-state index contributed by atoms with van der Waals surface area (Å²) in [7, 11) is 2.99. The fourth-order valence-corrected chi connectivity index (χ4v) is 2.61. The maximum Gasteiger partial charge on any atom is 0.257 e. The highest BCUT2D eigenvalue weighted by atomic mass is 35.5. The molecule has 0 saturated carbocycles. The number of rotatable bonds is 7. The van der Waals surface area contributed by atoms with E-state index in [1.165, 1.54) is 20.4 Å². The standard InChI is InChI=1S/C19H18ClN3O4/c1-25-16-9-15(17(26-2)8-14(16)20)23-19(24)12-5-6-18(21-10-12)22-11-13-4-3-7-27-13/h3-10H,11H2,1-2H3,(H,21,22)(H,23,24). The van der Waals surface area contributed by atoms with Crippen LogP contribution >= 0.6 is 11.6 Å². The van der Waals surface area contributed by atoms with Crippen LogP contribution in [0.3, 0.4) is 0 Å². The van der Waals surface area contributed by atoms with E-state index in [1.807, 2.05) is 12.1 Å². The molecule has 0 aliphatic rings. The molecular formula is C19H18ClN3O4. The van der Waals surface area contributed by atoms with Gasteiger partial charge in [0, 0.05) is 18.3 Å². The highest BCUT2D eigenvalue weighted by Crippen LogP contribution is 2.36. The zero-order valence-electron chi connectivity index (χ0n) is 14.8. The molecule has 0 aliphatic carbocycles. The fourth-order valence-electron chi connectivity index (χ4n) is 2.38. The Kier molecular flexibility index (Phi) is 5.83. The number of anilines is 2. The van der Waals surface area contributed by atoms with Crippen molar-refractivity contribution in [1.29, 1.82) is 0 Å². The first-order valence-corrected chi connectivity index (χ1v) is 8.43. The average molecular weight is 388 g/mol. The fraction of sp³-hybridized carbons (Fsp3) is 0.158. The van der Waals surface area contributed by atoms with Crippen molar-refractivity contribution in [3.05, 3.63) is 65.2 Å². The van der Waals surface area contributed by atoms with E-state index in [0.29, 0.717) is 40.1 Å². The minimum absolute atomic E-state index is 0.331. The number of furan rings is 1. The molecule has 0 aliphatic heterocycles. The van der Waals surface area contributed by atoms with E-state index in [4.69, 9.17) is 25.5 Å². The first kappa shape index (κ1) is 18.6. The van der Waals surface area contributed by atoms with Crippen molar-refractivity contribution in [3.8, 4) is 11.5 Å². The summed E-state index contributed by atoms with van der Waals surface area (Å²) in [5, 5.41) is 6.28. The average Bonchev–Trinajstić information content (AvgIpc) is 3.21. The molecule has 8 heteroatoms. The van der Waals surface area contributed by atoms with Gasteiger partial charge in [-0.15, -0.1) is 0 Å². The molecule has 0 saturated heterocycles. The number of carbonyl (C=O) groups is 1. The molecule has 1 amide bonds. The molecule has 27 heavy (non-hydrogen) atoms. The number of carbonyl (C=O) groups excluding carboxylic acids is 1. The first-order chi connectivity index (χ1) is 13.1. The quantitative estimate of drug-likeness (QED) is 0.631. The Morgan fingerprint density at radius 3 is 2.63 bits per heavy atom. The van der Waals surface area contributed by atoms with Crippen LogP contribution in [0.2, 0.25) is 5.02 Å². The molecule has 2 heterocycles. The SMILES string of the molecule is COc1cc(NC(=O)c2ccc(NCc3ccco3)nc2)c(OC)cc1Cl. The summed E-state index contributed by atoms with van der Waals surface area (Å²) in [6.45, 7) is 0.507. The van der Waals surface area contributed by atoms with E-state index in [9.17, 15) is 4.79 Å². The predicted octanol–water partition coefficient (Wildman–Crippen LogP) is 4.21. The van der Waals surface area contributed by atoms with Crippen molar-refractivity contribution in [2.24, 2.45) is 0 Å². The van der Waals surface area contributed by atoms with E-state index >= 15 is 0 Å². The van der Waals surface area contributed by atoms with Crippen LogP contribution < -0.4 is 20.1 Å². The number of hydrogen-bond acceptors (Lipinski definition) is 6. The maximum absolute atomic E-state index is 12.5. The summed E-state index contributed by atoms with van der Waals surface area (Å²) in [5.74, 6) is 1.96. The van der Waals surface area contributed by atoms with Crippen LogP contribution in [0, 0.1) is 0 Å². The summed E-state index contributed by atoms with van der Waals surface area (Å²) >= 11 is 6.08. The Bertz CT molecular complexity index is 911. The molecular weight excluding hydrogens is 370 g/mol. The zero-order valence-corrected chi connectivity index (χ0v) is 15.5. The number of pyridine rings is 1. The number of ether oxygens (including phenoxy) is 2. The van der Waals surface area contributed by atoms with Gasteiger partial charge in [0.1, 0.15) is 23.1 Å². The molecule has 0 bridgehead atoms. The minimum atomic E-state index is -0.331. The number of hydrogen-bond donors (Lipinski definition) is 2. The molecule has 0 atom stereocenters. The van der Waals surface area contributed by atoms with Crippen LogP contribution in [-0.4, -0.2) is 25.1 Å². The highest BCUT2D eigenvalue weighted by molar-refractivity contribution is 6.32. The van der Waals surface area contributed by atoms with Gasteiger partial charge in [0.05, 0.1) is 43.3 Å². The molecule has 1 aromatic carbocycles. The van der Waals surface area contributed by atoms with Crippen LogP contribution in [0.5, 0.6) is 11.5 Å². The van der Waals surface area contributed by atoms with Crippen LogP contribution in [0.4, 0.5) is 11.5 Å². The summed E-state index contributed by atoms with van der Waals surface area (Å²) in [4.78, 5) is 16.7. The van der Waals surface area contributed by atoms with Gasteiger partial charge >= 0.3 is 0 Å². The van der Waals surface area contributed by atoms with Gasteiger partial charge in [-0.05, 0) is 24.3 Å². The first-order valence-electron chi connectivity index (χ1n) is 8.06. The van der Waals surface area contributed by atoms with E-state index in [2.05, 4.69) is 15.6 Å². The largest absolute Gasteiger partial charge is 0.495 e. The summed E-state index contributed by atoms with van der Waals surface area (Å²) in [6, 6.07) is 10.3. The lowest BCUT2D eigenvalue weighted by molar-refractivity contribution is 0.102. The Morgan fingerprint density at radius 1 is 1.19 bits per heavy atom. The van der Waals surface area contributed by atoms with Crippen molar-refractivity contribution >= 4 is 29.0 Å². The molecule has 2 aromatic heterocycles. The van der Waals surface area contributed by atoms with Crippen molar-refractivity contribution in [1.82, 2.24) is 4.98 Å². The Hall–Kier alpha value is -3.19. The lowest BCUT2D eigenvalue weighted by Gasteiger charge is -2.13. The third-order valence-electron chi connectivity index (χ3n) is 3.77. The van der Waals surface area contributed by atoms with E-state index < -0.39 is 0 Å². The Morgan fingerprint density at radius 2 is 2.00 bits per heavy atom. The lowest BCUT2D eigenvalue weighted by Crippen LogP contribution is -2.13. The van der Waals surface area contributed by atoms with Crippen molar-refractivity contribution in [3.63, 3.8) is 0 Å². The summed E-state index contributed by atoms with van der Waals surface area (Å²) < 4.78 is 15.7. The molecule has 0 unspecified atom stereocenters. The van der Waals surface area contributed by atoms with Gasteiger partial charge in [0.15, 0.2) is 0 Å². The van der Waals surface area contributed by atoms with Gasteiger partial charge < -0.3 is 24.5 Å². The molecule has 140 valence electrons.